The van der Waals surface area contributed by atoms with E-state index in [1.165, 1.54) is 13.2 Å². The Morgan fingerprint density at radius 3 is 2.63 bits per heavy atom. The van der Waals surface area contributed by atoms with Crippen LogP contribution in [0.1, 0.15) is 22.8 Å². The van der Waals surface area contributed by atoms with Crippen molar-refractivity contribution in [2.45, 2.75) is 19.2 Å². The topological polar surface area (TPSA) is 64.3 Å². The Morgan fingerprint density at radius 1 is 1.47 bits per heavy atom. The first-order valence-electron chi connectivity index (χ1n) is 5.54. The van der Waals surface area contributed by atoms with Crippen LogP contribution in [0.15, 0.2) is 18.2 Å². The Morgan fingerprint density at radius 2 is 2.11 bits per heavy atom. The monoisotopic (exact) mass is 276 g/mol. The molecule has 0 aliphatic carbocycles. The van der Waals surface area contributed by atoms with Crippen LogP contribution in [0.2, 0.25) is 0 Å². The summed E-state index contributed by atoms with van der Waals surface area (Å²) < 4.78 is 42.8. The molecule has 0 bridgehead atoms. The van der Waals surface area contributed by atoms with Crippen molar-refractivity contribution in [1.29, 1.82) is 0 Å². The average Bonchev–Trinajstić information content (AvgIpc) is 2.34. The number of methoxy groups -OCH3 is 1. The van der Waals surface area contributed by atoms with Gasteiger partial charge in [0, 0.05) is 13.7 Å². The van der Waals surface area contributed by atoms with E-state index >= 15 is 0 Å². The summed E-state index contributed by atoms with van der Waals surface area (Å²) >= 11 is 0. The zero-order valence-corrected chi connectivity index (χ0v) is 10.5. The van der Waals surface area contributed by atoms with E-state index in [4.69, 9.17) is 10.5 Å². The maximum atomic E-state index is 12.6. The van der Waals surface area contributed by atoms with Gasteiger partial charge in [-0.15, -0.1) is 0 Å². The lowest BCUT2D eigenvalue weighted by atomic mass is 10.1. The van der Waals surface area contributed by atoms with Gasteiger partial charge in [0.15, 0.2) is 0 Å². The van der Waals surface area contributed by atoms with Crippen LogP contribution in [-0.4, -0.2) is 25.7 Å². The molecule has 0 saturated heterocycles. The normalized spacial score (nSPS) is 13.1. The number of carbonyl (C=O) groups excluding carboxylic acids is 1. The van der Waals surface area contributed by atoms with Crippen molar-refractivity contribution in [3.8, 4) is 0 Å². The number of para-hydroxylation sites is 1. The molecule has 1 aromatic carbocycles. The highest BCUT2D eigenvalue weighted by Crippen LogP contribution is 2.34. The lowest BCUT2D eigenvalue weighted by Crippen LogP contribution is -2.32. The first-order valence-corrected chi connectivity index (χ1v) is 5.54. The number of hydrogen-bond acceptors (Lipinski definition) is 3. The summed E-state index contributed by atoms with van der Waals surface area (Å²) in [5.74, 6) is -0.660. The van der Waals surface area contributed by atoms with Crippen LogP contribution in [0.25, 0.3) is 0 Å². The molecule has 1 atom stereocenters. The van der Waals surface area contributed by atoms with Gasteiger partial charge in [0.05, 0.1) is 22.9 Å². The largest absolute Gasteiger partial charge is 0.418 e. The molecule has 0 radical (unpaired) electrons. The van der Waals surface area contributed by atoms with Gasteiger partial charge in [0.1, 0.15) is 0 Å². The number of hydrogen-bond donors (Lipinski definition) is 2. The number of alkyl halides is 3. The first-order chi connectivity index (χ1) is 8.77. The molecule has 19 heavy (non-hydrogen) atoms. The molecule has 1 aromatic rings. The minimum absolute atomic E-state index is 0.186. The second-order valence-corrected chi connectivity index (χ2v) is 4.02. The van der Waals surface area contributed by atoms with Crippen molar-refractivity contribution in [3.05, 3.63) is 29.3 Å². The highest BCUT2D eigenvalue weighted by Gasteiger charge is 2.34. The van der Waals surface area contributed by atoms with E-state index in [-0.39, 0.29) is 18.2 Å². The smallest absolute Gasteiger partial charge is 0.398 e. The minimum Gasteiger partial charge on any atom is -0.398 e. The third-order valence-electron chi connectivity index (χ3n) is 2.61. The molecule has 3 N–H and O–H groups in total. The summed E-state index contributed by atoms with van der Waals surface area (Å²) in [5, 5.41) is 2.46. The molecule has 1 rings (SSSR count). The zero-order valence-electron chi connectivity index (χ0n) is 10.5. The van der Waals surface area contributed by atoms with Gasteiger partial charge in [-0.05, 0) is 19.1 Å². The second kappa shape index (κ2) is 5.92. The molecule has 1 amide bonds. The number of nitrogens with one attached hydrogen (secondary N) is 1. The van der Waals surface area contributed by atoms with E-state index in [1.807, 2.05) is 0 Å². The number of nitrogen functional groups attached to an aromatic ring is 1. The minimum atomic E-state index is -4.58. The van der Waals surface area contributed by atoms with E-state index in [2.05, 4.69) is 5.32 Å². The molecule has 4 nitrogen and oxygen atoms in total. The first kappa shape index (κ1) is 15.3. The molecule has 0 spiro atoms. The third kappa shape index (κ3) is 3.85. The van der Waals surface area contributed by atoms with Crippen LogP contribution in [0.4, 0.5) is 18.9 Å². The van der Waals surface area contributed by atoms with Crippen molar-refractivity contribution in [1.82, 2.24) is 5.32 Å². The van der Waals surface area contributed by atoms with Gasteiger partial charge in [0.25, 0.3) is 5.91 Å². The molecule has 7 heteroatoms. The van der Waals surface area contributed by atoms with E-state index in [1.54, 1.807) is 6.92 Å². The molecule has 106 valence electrons. The second-order valence-electron chi connectivity index (χ2n) is 4.02. The quantitative estimate of drug-likeness (QED) is 0.827. The highest BCUT2D eigenvalue weighted by atomic mass is 19.4. The molecule has 1 unspecified atom stereocenters. The Kier molecular flexibility index (Phi) is 4.77. The van der Waals surface area contributed by atoms with Crippen LogP contribution >= 0.6 is 0 Å². The molecule has 0 aliphatic heterocycles. The number of nitrogens with two attached hydrogens (primary N) is 1. The van der Waals surface area contributed by atoms with E-state index in [0.717, 1.165) is 12.1 Å². The number of carbonyl (C=O) groups is 1. The number of benzene rings is 1. The molecule has 0 aromatic heterocycles. The molecule has 0 aliphatic rings. The van der Waals surface area contributed by atoms with Crippen LogP contribution < -0.4 is 11.1 Å². The number of amides is 1. The van der Waals surface area contributed by atoms with Crippen molar-refractivity contribution < 1.29 is 22.7 Å². The van der Waals surface area contributed by atoms with Gasteiger partial charge in [0.2, 0.25) is 0 Å². The molecular weight excluding hydrogens is 261 g/mol. The zero-order chi connectivity index (χ0) is 14.6. The fraction of sp³-hybridized carbons (Fsp3) is 0.417. The third-order valence-corrected chi connectivity index (χ3v) is 2.61. The molecular formula is C12H15F3N2O2. The standard InChI is InChI=1S/C12H15F3N2O2/c1-7(19-2)6-17-11(18)8-4-3-5-9(10(8)16)12(13,14)15/h3-5,7H,6,16H2,1-2H3,(H,17,18). The predicted octanol–water partition coefficient (Wildman–Crippen LogP) is 2.05. The highest BCUT2D eigenvalue weighted by molar-refractivity contribution is 5.99. The van der Waals surface area contributed by atoms with Gasteiger partial charge < -0.3 is 15.8 Å². The van der Waals surface area contributed by atoms with E-state index < -0.39 is 23.3 Å². The van der Waals surface area contributed by atoms with E-state index in [0.29, 0.717) is 0 Å². The number of ether oxygens (including phenoxy) is 1. The Balaban J connectivity index is 2.93. The Hall–Kier alpha value is -1.76. The van der Waals surface area contributed by atoms with Gasteiger partial charge in [-0.3, -0.25) is 4.79 Å². The maximum absolute atomic E-state index is 12.6. The van der Waals surface area contributed by atoms with Crippen molar-refractivity contribution >= 4 is 11.6 Å². The molecule has 0 fully saturated rings. The number of anilines is 1. The lowest BCUT2D eigenvalue weighted by molar-refractivity contribution is -0.136. The van der Waals surface area contributed by atoms with Crippen LogP contribution in [0, 0.1) is 0 Å². The van der Waals surface area contributed by atoms with Crippen molar-refractivity contribution in [2.75, 3.05) is 19.4 Å². The predicted molar refractivity (Wildman–Crippen MR) is 64.7 cm³/mol. The summed E-state index contributed by atoms with van der Waals surface area (Å²) in [6.45, 7) is 1.90. The maximum Gasteiger partial charge on any atom is 0.418 e. The lowest BCUT2D eigenvalue weighted by Gasteiger charge is -2.14. The van der Waals surface area contributed by atoms with E-state index in [9.17, 15) is 18.0 Å². The summed E-state index contributed by atoms with van der Waals surface area (Å²) in [6.07, 6.45) is -4.82. The Bertz CT molecular complexity index is 461. The van der Waals surface area contributed by atoms with Crippen LogP contribution in [0.5, 0.6) is 0 Å². The SMILES string of the molecule is COC(C)CNC(=O)c1cccc(C(F)(F)F)c1N. The average molecular weight is 276 g/mol. The van der Waals surface area contributed by atoms with Crippen molar-refractivity contribution in [3.63, 3.8) is 0 Å². The van der Waals surface area contributed by atoms with Crippen LogP contribution in [0.3, 0.4) is 0 Å². The summed E-state index contributed by atoms with van der Waals surface area (Å²) in [4.78, 5) is 11.8. The summed E-state index contributed by atoms with van der Waals surface area (Å²) in [6, 6.07) is 3.23. The van der Waals surface area contributed by atoms with Gasteiger partial charge in [-0.2, -0.15) is 13.2 Å². The number of rotatable bonds is 4. The molecule has 0 saturated carbocycles. The fourth-order valence-corrected chi connectivity index (χ4v) is 1.43. The Labute approximate surface area is 108 Å². The van der Waals surface area contributed by atoms with Gasteiger partial charge in [-0.25, -0.2) is 0 Å². The van der Waals surface area contributed by atoms with Gasteiger partial charge in [-0.1, -0.05) is 6.07 Å². The molecule has 0 heterocycles. The van der Waals surface area contributed by atoms with Gasteiger partial charge >= 0.3 is 6.18 Å². The fourth-order valence-electron chi connectivity index (χ4n) is 1.43. The van der Waals surface area contributed by atoms with Crippen molar-refractivity contribution in [2.24, 2.45) is 0 Å². The number of halogens is 3. The van der Waals surface area contributed by atoms with Crippen LogP contribution in [-0.2, 0) is 10.9 Å². The summed E-state index contributed by atoms with van der Waals surface area (Å²) in [7, 11) is 1.47. The summed E-state index contributed by atoms with van der Waals surface area (Å²) in [5.41, 5.74) is 3.62.